The zero-order valence-electron chi connectivity index (χ0n) is 5.32. The van der Waals surface area contributed by atoms with Crippen molar-refractivity contribution in [1.29, 1.82) is 0 Å². The van der Waals surface area contributed by atoms with Gasteiger partial charge in [-0.05, 0) is 13.8 Å². The molecule has 0 spiro atoms. The predicted molar refractivity (Wildman–Crippen MR) is 39.9 cm³/mol. The Balaban J connectivity index is 4.34. The van der Waals surface area contributed by atoms with Crippen molar-refractivity contribution < 1.29 is 4.79 Å². The Bertz CT molecular complexity index is 134. The molecule has 0 aliphatic heterocycles. The number of alkyl halides is 1. The van der Waals surface area contributed by atoms with Gasteiger partial charge in [0.25, 0.3) is 0 Å². The predicted octanol–water partition coefficient (Wildman–Crippen LogP) is 2.33. The van der Waals surface area contributed by atoms with Gasteiger partial charge < -0.3 is 0 Å². The lowest BCUT2D eigenvalue weighted by molar-refractivity contribution is -0.105. The molecule has 0 rings (SSSR count). The molecule has 0 bridgehead atoms. The minimum atomic E-state index is -0.292. The molecule has 0 aliphatic rings. The van der Waals surface area contributed by atoms with Crippen LogP contribution in [-0.4, -0.2) is 11.7 Å². The molecule has 0 aromatic heterocycles. The summed E-state index contributed by atoms with van der Waals surface area (Å²) in [6, 6.07) is 0. The standard InChI is InChI=1S/C6H8Cl2O/c1-4(7)6(3-9)5(2)8/h3-4H,1-2H3/b6-5+. The largest absolute Gasteiger partial charge is 0.298 e. The molecule has 1 nitrogen and oxygen atoms in total. The fraction of sp³-hybridized carbons (Fsp3) is 0.500. The highest BCUT2D eigenvalue weighted by Crippen LogP contribution is 2.14. The molecule has 1 unspecified atom stereocenters. The molecule has 9 heavy (non-hydrogen) atoms. The molecule has 0 saturated carbocycles. The Morgan fingerprint density at radius 3 is 2.11 bits per heavy atom. The second-order valence-electron chi connectivity index (χ2n) is 1.72. The van der Waals surface area contributed by atoms with Gasteiger partial charge in [-0.2, -0.15) is 0 Å². The fourth-order valence-electron chi connectivity index (χ4n) is 0.449. The molecule has 0 saturated heterocycles. The fourth-order valence-corrected chi connectivity index (χ4v) is 0.928. The smallest absolute Gasteiger partial charge is 0.148 e. The Kier molecular flexibility index (Phi) is 3.91. The van der Waals surface area contributed by atoms with Gasteiger partial charge in [-0.15, -0.1) is 11.6 Å². The molecule has 0 aromatic rings. The van der Waals surface area contributed by atoms with E-state index in [9.17, 15) is 4.79 Å². The number of hydrogen-bond acceptors (Lipinski definition) is 1. The summed E-state index contributed by atoms with van der Waals surface area (Å²) in [6.45, 7) is 3.35. The van der Waals surface area contributed by atoms with Crippen LogP contribution in [-0.2, 0) is 4.79 Å². The van der Waals surface area contributed by atoms with Crippen LogP contribution in [0, 0.1) is 0 Å². The number of halogens is 2. The molecule has 0 aliphatic carbocycles. The van der Waals surface area contributed by atoms with Crippen LogP contribution in [0.15, 0.2) is 10.6 Å². The van der Waals surface area contributed by atoms with Crippen LogP contribution in [0.25, 0.3) is 0 Å². The molecule has 0 N–H and O–H groups in total. The van der Waals surface area contributed by atoms with Crippen LogP contribution in [0.5, 0.6) is 0 Å². The monoisotopic (exact) mass is 166 g/mol. The van der Waals surface area contributed by atoms with E-state index in [1.807, 2.05) is 0 Å². The number of hydrogen-bond donors (Lipinski definition) is 0. The first-order valence-corrected chi connectivity index (χ1v) is 3.36. The Labute approximate surface area is 64.6 Å². The van der Waals surface area contributed by atoms with Crippen molar-refractivity contribution in [2.24, 2.45) is 0 Å². The van der Waals surface area contributed by atoms with E-state index in [1.54, 1.807) is 13.8 Å². The van der Waals surface area contributed by atoms with Gasteiger partial charge in [-0.3, -0.25) is 4.79 Å². The molecule has 3 heteroatoms. The SMILES string of the molecule is C/C(Cl)=C(/C=O)C(C)Cl. The lowest BCUT2D eigenvalue weighted by Gasteiger charge is -2.00. The molecule has 1 atom stereocenters. The second kappa shape index (κ2) is 3.91. The molecular weight excluding hydrogens is 159 g/mol. The van der Waals surface area contributed by atoms with Crippen molar-refractivity contribution in [2.45, 2.75) is 19.2 Å². The van der Waals surface area contributed by atoms with Crippen LogP contribution in [0.3, 0.4) is 0 Å². The van der Waals surface area contributed by atoms with E-state index in [0.717, 1.165) is 0 Å². The zero-order chi connectivity index (χ0) is 7.44. The van der Waals surface area contributed by atoms with Gasteiger partial charge in [0.05, 0.1) is 5.38 Å². The molecule has 0 heterocycles. The van der Waals surface area contributed by atoms with Crippen molar-refractivity contribution in [3.05, 3.63) is 10.6 Å². The third kappa shape index (κ3) is 2.87. The third-order valence-electron chi connectivity index (χ3n) is 0.953. The van der Waals surface area contributed by atoms with Gasteiger partial charge >= 0.3 is 0 Å². The quantitative estimate of drug-likeness (QED) is 0.350. The van der Waals surface area contributed by atoms with E-state index < -0.39 is 0 Å². The Hall–Kier alpha value is -0.0100. The highest BCUT2D eigenvalue weighted by atomic mass is 35.5. The van der Waals surface area contributed by atoms with Gasteiger partial charge in [0.2, 0.25) is 0 Å². The van der Waals surface area contributed by atoms with Crippen LogP contribution < -0.4 is 0 Å². The first-order valence-electron chi connectivity index (χ1n) is 2.55. The van der Waals surface area contributed by atoms with Crippen LogP contribution in [0.2, 0.25) is 0 Å². The molecular formula is C6H8Cl2O. The summed E-state index contributed by atoms with van der Waals surface area (Å²) < 4.78 is 0. The van der Waals surface area contributed by atoms with E-state index in [1.165, 1.54) is 0 Å². The van der Waals surface area contributed by atoms with Gasteiger partial charge in [0.1, 0.15) is 6.29 Å². The lowest BCUT2D eigenvalue weighted by Crippen LogP contribution is -1.99. The maximum atomic E-state index is 10.2. The Morgan fingerprint density at radius 1 is 1.67 bits per heavy atom. The summed E-state index contributed by atoms with van der Waals surface area (Å²) in [5, 5.41) is 0.174. The number of allylic oxidation sites excluding steroid dienone is 2. The van der Waals surface area contributed by atoms with Crippen molar-refractivity contribution >= 4 is 29.5 Å². The van der Waals surface area contributed by atoms with Crippen molar-refractivity contribution in [1.82, 2.24) is 0 Å². The third-order valence-corrected chi connectivity index (χ3v) is 1.41. The highest BCUT2D eigenvalue weighted by Gasteiger charge is 2.05. The molecule has 0 radical (unpaired) electrons. The van der Waals surface area contributed by atoms with Crippen molar-refractivity contribution in [3.8, 4) is 0 Å². The summed E-state index contributed by atoms with van der Waals surface area (Å²) >= 11 is 11.1. The molecule has 0 fully saturated rings. The maximum Gasteiger partial charge on any atom is 0.148 e. The van der Waals surface area contributed by atoms with Crippen molar-refractivity contribution in [2.75, 3.05) is 0 Å². The topological polar surface area (TPSA) is 17.1 Å². The maximum absolute atomic E-state index is 10.2. The van der Waals surface area contributed by atoms with E-state index in [-0.39, 0.29) is 5.38 Å². The van der Waals surface area contributed by atoms with Gasteiger partial charge in [-0.25, -0.2) is 0 Å². The van der Waals surface area contributed by atoms with Crippen LogP contribution >= 0.6 is 23.2 Å². The summed E-state index contributed by atoms with van der Waals surface area (Å²) in [6.07, 6.45) is 0.681. The van der Waals surface area contributed by atoms with Gasteiger partial charge in [-0.1, -0.05) is 11.6 Å². The average molecular weight is 167 g/mol. The normalized spacial score (nSPS) is 16.4. The number of carbonyl (C=O) groups excluding carboxylic acids is 1. The highest BCUT2D eigenvalue weighted by molar-refractivity contribution is 6.33. The van der Waals surface area contributed by atoms with Crippen LogP contribution in [0.4, 0.5) is 0 Å². The van der Waals surface area contributed by atoms with Crippen molar-refractivity contribution in [3.63, 3.8) is 0 Å². The van der Waals surface area contributed by atoms with E-state index in [0.29, 0.717) is 16.9 Å². The molecule has 0 amide bonds. The Morgan fingerprint density at radius 2 is 2.11 bits per heavy atom. The zero-order valence-corrected chi connectivity index (χ0v) is 6.83. The summed E-state index contributed by atoms with van der Waals surface area (Å²) in [4.78, 5) is 10.2. The van der Waals surface area contributed by atoms with Crippen LogP contribution in [0.1, 0.15) is 13.8 Å². The number of carbonyl (C=O) groups is 1. The first kappa shape index (κ1) is 8.99. The molecule has 0 aromatic carbocycles. The van der Waals surface area contributed by atoms with Gasteiger partial charge in [0.15, 0.2) is 0 Å². The summed E-state index contributed by atoms with van der Waals surface area (Å²) in [7, 11) is 0. The molecule has 52 valence electrons. The van der Waals surface area contributed by atoms with E-state index in [4.69, 9.17) is 23.2 Å². The van der Waals surface area contributed by atoms with Gasteiger partial charge in [0, 0.05) is 10.6 Å². The second-order valence-corrected chi connectivity index (χ2v) is 2.94. The number of aldehydes is 1. The first-order chi connectivity index (χ1) is 4.09. The average Bonchev–Trinajstić information content (AvgIpc) is 1.64. The van der Waals surface area contributed by atoms with E-state index >= 15 is 0 Å². The summed E-state index contributed by atoms with van der Waals surface area (Å²) in [5.41, 5.74) is 0.457. The minimum absolute atomic E-state index is 0.292. The van der Waals surface area contributed by atoms with E-state index in [2.05, 4.69) is 0 Å². The minimum Gasteiger partial charge on any atom is -0.298 e. The lowest BCUT2D eigenvalue weighted by atomic mass is 10.2. The number of rotatable bonds is 2. The summed E-state index contributed by atoms with van der Waals surface area (Å²) in [5.74, 6) is 0.